The van der Waals surface area contributed by atoms with Crippen molar-refractivity contribution in [3.63, 3.8) is 0 Å². The molecule has 0 radical (unpaired) electrons. The standard InChI is InChI=1S/C16H28N2O2/c1-2-17-9-3-5-14(17)15-6-4-10-18(15)16(19)12-20-11-13-7-8-13/h13-15H,2-12H2,1H3/t14-,15+/m0/s1. The molecule has 0 aromatic carbocycles. The van der Waals surface area contributed by atoms with Crippen molar-refractivity contribution in [2.24, 2.45) is 5.92 Å². The summed E-state index contributed by atoms with van der Waals surface area (Å²) in [6.45, 7) is 6.57. The van der Waals surface area contributed by atoms with Crippen molar-refractivity contribution in [1.82, 2.24) is 9.80 Å². The molecule has 20 heavy (non-hydrogen) atoms. The van der Waals surface area contributed by atoms with Crippen LogP contribution in [0.25, 0.3) is 0 Å². The third kappa shape index (κ3) is 3.17. The second-order valence-electron chi connectivity index (χ2n) is 6.59. The number of carbonyl (C=O) groups excluding carboxylic acids is 1. The Morgan fingerprint density at radius 1 is 1.10 bits per heavy atom. The molecule has 4 nitrogen and oxygen atoms in total. The summed E-state index contributed by atoms with van der Waals surface area (Å²) in [6, 6.07) is 1.03. The van der Waals surface area contributed by atoms with E-state index in [2.05, 4.69) is 16.7 Å². The van der Waals surface area contributed by atoms with Crippen LogP contribution in [0.5, 0.6) is 0 Å². The normalized spacial score (nSPS) is 31.1. The van der Waals surface area contributed by atoms with Gasteiger partial charge in [-0.1, -0.05) is 6.92 Å². The lowest BCUT2D eigenvalue weighted by atomic mass is 10.0. The maximum absolute atomic E-state index is 12.4. The molecule has 2 saturated heterocycles. The summed E-state index contributed by atoms with van der Waals surface area (Å²) in [6.07, 6.45) is 7.45. The quantitative estimate of drug-likeness (QED) is 0.745. The minimum Gasteiger partial charge on any atom is -0.371 e. The van der Waals surface area contributed by atoms with Crippen LogP contribution >= 0.6 is 0 Å². The molecule has 0 aromatic rings. The largest absolute Gasteiger partial charge is 0.371 e. The van der Waals surface area contributed by atoms with Gasteiger partial charge in [-0.15, -0.1) is 0 Å². The fourth-order valence-electron chi connectivity index (χ4n) is 3.86. The van der Waals surface area contributed by atoms with Crippen LogP contribution in [0.1, 0.15) is 45.4 Å². The highest BCUT2D eigenvalue weighted by atomic mass is 16.5. The second-order valence-corrected chi connectivity index (χ2v) is 6.59. The number of likely N-dealkylation sites (N-methyl/N-ethyl adjacent to an activating group) is 1. The van der Waals surface area contributed by atoms with Crippen LogP contribution in [-0.2, 0) is 9.53 Å². The number of hydrogen-bond donors (Lipinski definition) is 0. The molecule has 0 aromatic heterocycles. The van der Waals surface area contributed by atoms with E-state index in [9.17, 15) is 4.79 Å². The van der Waals surface area contributed by atoms with Crippen LogP contribution in [0.3, 0.4) is 0 Å². The number of ether oxygens (including phenoxy) is 1. The average Bonchev–Trinajstić information content (AvgIpc) is 2.98. The highest BCUT2D eigenvalue weighted by Gasteiger charge is 2.39. The van der Waals surface area contributed by atoms with Crippen molar-refractivity contribution in [3.05, 3.63) is 0 Å². The second kappa shape index (κ2) is 6.44. The van der Waals surface area contributed by atoms with Crippen molar-refractivity contribution >= 4 is 5.91 Å². The predicted molar refractivity (Wildman–Crippen MR) is 78.5 cm³/mol. The molecule has 4 heteroatoms. The first-order valence-corrected chi connectivity index (χ1v) is 8.41. The molecule has 3 fully saturated rings. The van der Waals surface area contributed by atoms with Gasteiger partial charge in [0.2, 0.25) is 5.91 Å². The van der Waals surface area contributed by atoms with Gasteiger partial charge in [0, 0.05) is 18.6 Å². The summed E-state index contributed by atoms with van der Waals surface area (Å²) in [5.74, 6) is 0.957. The Bertz CT molecular complexity index is 343. The first-order chi connectivity index (χ1) is 9.79. The van der Waals surface area contributed by atoms with Crippen molar-refractivity contribution in [1.29, 1.82) is 0 Å². The number of carbonyl (C=O) groups is 1. The summed E-state index contributed by atoms with van der Waals surface area (Å²) in [7, 11) is 0. The van der Waals surface area contributed by atoms with Crippen LogP contribution in [0, 0.1) is 5.92 Å². The Morgan fingerprint density at radius 2 is 1.85 bits per heavy atom. The van der Waals surface area contributed by atoms with E-state index in [-0.39, 0.29) is 5.91 Å². The molecule has 114 valence electrons. The molecule has 0 N–H and O–H groups in total. The third-order valence-corrected chi connectivity index (χ3v) is 5.16. The van der Waals surface area contributed by atoms with Crippen LogP contribution < -0.4 is 0 Å². The van der Waals surface area contributed by atoms with E-state index in [1.165, 1.54) is 38.6 Å². The van der Waals surface area contributed by atoms with E-state index in [1.54, 1.807) is 0 Å². The molecular formula is C16H28N2O2. The van der Waals surface area contributed by atoms with Crippen molar-refractivity contribution < 1.29 is 9.53 Å². The average molecular weight is 280 g/mol. The lowest BCUT2D eigenvalue weighted by Gasteiger charge is -2.34. The minimum absolute atomic E-state index is 0.219. The lowest BCUT2D eigenvalue weighted by Crippen LogP contribution is -2.49. The van der Waals surface area contributed by atoms with Gasteiger partial charge in [-0.3, -0.25) is 9.69 Å². The van der Waals surface area contributed by atoms with Gasteiger partial charge in [0.1, 0.15) is 6.61 Å². The monoisotopic (exact) mass is 280 g/mol. The maximum atomic E-state index is 12.4. The SMILES string of the molecule is CCN1CCC[C@H]1[C@H]1CCCN1C(=O)COCC1CC1. The van der Waals surface area contributed by atoms with E-state index in [0.29, 0.717) is 18.7 Å². The maximum Gasteiger partial charge on any atom is 0.248 e. The number of amides is 1. The Labute approximate surface area is 122 Å². The van der Waals surface area contributed by atoms with Crippen molar-refractivity contribution in [2.75, 3.05) is 32.8 Å². The van der Waals surface area contributed by atoms with Crippen LogP contribution in [-0.4, -0.2) is 60.6 Å². The molecule has 3 aliphatic rings. The van der Waals surface area contributed by atoms with Gasteiger partial charge in [-0.05, 0) is 57.5 Å². The predicted octanol–water partition coefficient (Wildman–Crippen LogP) is 1.89. The van der Waals surface area contributed by atoms with E-state index in [4.69, 9.17) is 4.74 Å². The summed E-state index contributed by atoms with van der Waals surface area (Å²) >= 11 is 0. The zero-order chi connectivity index (χ0) is 13.9. The van der Waals surface area contributed by atoms with Crippen LogP contribution in [0.2, 0.25) is 0 Å². The molecule has 1 amide bonds. The van der Waals surface area contributed by atoms with Gasteiger partial charge in [0.05, 0.1) is 6.61 Å². The van der Waals surface area contributed by atoms with Gasteiger partial charge in [0.25, 0.3) is 0 Å². The Balaban J connectivity index is 1.52. The Kier molecular flexibility index (Phi) is 4.61. The molecule has 1 aliphatic carbocycles. The molecule has 0 spiro atoms. The van der Waals surface area contributed by atoms with Crippen molar-refractivity contribution in [2.45, 2.75) is 57.5 Å². The number of hydrogen-bond acceptors (Lipinski definition) is 3. The van der Waals surface area contributed by atoms with E-state index in [0.717, 1.165) is 32.0 Å². The van der Waals surface area contributed by atoms with Gasteiger partial charge < -0.3 is 9.64 Å². The molecule has 2 atom stereocenters. The van der Waals surface area contributed by atoms with E-state index in [1.807, 2.05) is 0 Å². The molecule has 1 saturated carbocycles. The molecular weight excluding hydrogens is 252 g/mol. The highest BCUT2D eigenvalue weighted by Crippen LogP contribution is 2.30. The number of rotatable bonds is 6. The van der Waals surface area contributed by atoms with E-state index >= 15 is 0 Å². The smallest absolute Gasteiger partial charge is 0.248 e. The molecule has 3 rings (SSSR count). The first kappa shape index (κ1) is 14.3. The molecule has 0 bridgehead atoms. The van der Waals surface area contributed by atoms with Gasteiger partial charge >= 0.3 is 0 Å². The summed E-state index contributed by atoms with van der Waals surface area (Å²) in [5, 5.41) is 0. The first-order valence-electron chi connectivity index (χ1n) is 8.41. The summed E-state index contributed by atoms with van der Waals surface area (Å²) < 4.78 is 5.59. The third-order valence-electron chi connectivity index (χ3n) is 5.16. The lowest BCUT2D eigenvalue weighted by molar-refractivity contribution is -0.138. The number of nitrogens with zero attached hydrogens (tertiary/aromatic N) is 2. The zero-order valence-electron chi connectivity index (χ0n) is 12.7. The Hall–Kier alpha value is -0.610. The van der Waals surface area contributed by atoms with E-state index < -0.39 is 0 Å². The summed E-state index contributed by atoms with van der Waals surface area (Å²) in [4.78, 5) is 17.1. The van der Waals surface area contributed by atoms with Gasteiger partial charge in [-0.25, -0.2) is 0 Å². The molecule has 2 aliphatic heterocycles. The topological polar surface area (TPSA) is 32.8 Å². The fraction of sp³-hybridized carbons (Fsp3) is 0.938. The van der Waals surface area contributed by atoms with Crippen LogP contribution in [0.15, 0.2) is 0 Å². The number of likely N-dealkylation sites (tertiary alicyclic amines) is 2. The van der Waals surface area contributed by atoms with Crippen molar-refractivity contribution in [3.8, 4) is 0 Å². The molecule has 2 heterocycles. The minimum atomic E-state index is 0.219. The van der Waals surface area contributed by atoms with Gasteiger partial charge in [0.15, 0.2) is 0 Å². The summed E-state index contributed by atoms with van der Waals surface area (Å²) in [5.41, 5.74) is 0. The Morgan fingerprint density at radius 3 is 2.60 bits per heavy atom. The van der Waals surface area contributed by atoms with Crippen LogP contribution in [0.4, 0.5) is 0 Å². The van der Waals surface area contributed by atoms with Gasteiger partial charge in [-0.2, -0.15) is 0 Å². The molecule has 0 unspecified atom stereocenters. The zero-order valence-corrected chi connectivity index (χ0v) is 12.7. The highest BCUT2D eigenvalue weighted by molar-refractivity contribution is 5.78. The fourth-order valence-corrected chi connectivity index (χ4v) is 3.86.